The van der Waals surface area contributed by atoms with Gasteiger partial charge in [0.1, 0.15) is 12.1 Å². The Labute approximate surface area is 85.5 Å². The van der Waals surface area contributed by atoms with Crippen molar-refractivity contribution in [2.24, 2.45) is 0 Å². The number of hydrogen-bond acceptors (Lipinski definition) is 5. The second-order valence-electron chi connectivity index (χ2n) is 2.92. The van der Waals surface area contributed by atoms with Gasteiger partial charge in [-0.25, -0.2) is 0 Å². The Morgan fingerprint density at radius 3 is 2.80 bits per heavy atom. The van der Waals surface area contributed by atoms with Crippen LogP contribution in [0.1, 0.15) is 0 Å². The number of fused-ring (bicyclic) bond motifs is 1. The van der Waals surface area contributed by atoms with E-state index >= 15 is 0 Å². The fraction of sp³-hybridized carbons (Fsp3) is 0.100. The normalized spacial score (nSPS) is 12.3. The molecule has 0 spiro atoms. The van der Waals surface area contributed by atoms with E-state index in [-0.39, 0.29) is 11.1 Å². The summed E-state index contributed by atoms with van der Waals surface area (Å²) in [5.74, 6) is 0.607. The lowest BCUT2D eigenvalue weighted by Gasteiger charge is -2.10. The Kier molecular flexibility index (Phi) is 2.00. The van der Waals surface area contributed by atoms with Gasteiger partial charge in [-0.3, -0.25) is 0 Å². The van der Waals surface area contributed by atoms with Crippen LogP contribution in [0.25, 0.3) is 11.6 Å². The zero-order chi connectivity index (χ0) is 10.8. The highest BCUT2D eigenvalue weighted by Crippen LogP contribution is 2.04. The molecule has 0 saturated heterocycles. The van der Waals surface area contributed by atoms with Crippen molar-refractivity contribution in [2.75, 3.05) is 11.9 Å². The molecular weight excluding hydrogens is 192 g/mol. The lowest BCUT2D eigenvalue weighted by Crippen LogP contribution is -2.18. The molecule has 1 aromatic heterocycles. The molecule has 0 aromatic carbocycles. The van der Waals surface area contributed by atoms with Crippen molar-refractivity contribution >= 4 is 17.5 Å². The van der Waals surface area contributed by atoms with Gasteiger partial charge < -0.3 is 9.32 Å². The maximum Gasteiger partial charge on any atom is 0.250 e. The molecule has 0 atom stereocenters. The maximum absolute atomic E-state index is 8.66. The van der Waals surface area contributed by atoms with Crippen LogP contribution in [-0.4, -0.2) is 12.0 Å². The average Bonchev–Trinajstić information content (AvgIpc) is 2.65. The summed E-state index contributed by atoms with van der Waals surface area (Å²) in [7, 11) is 1.81. The van der Waals surface area contributed by atoms with Crippen molar-refractivity contribution in [1.82, 2.24) is 4.98 Å². The summed E-state index contributed by atoms with van der Waals surface area (Å²) in [6.45, 7) is 0. The zero-order valence-corrected chi connectivity index (χ0v) is 7.93. The van der Waals surface area contributed by atoms with Gasteiger partial charge >= 0.3 is 0 Å². The Balaban J connectivity index is 2.76. The van der Waals surface area contributed by atoms with Gasteiger partial charge in [-0.2, -0.15) is 15.5 Å². The quantitative estimate of drug-likeness (QED) is 0.567. The number of hydrogen-bond donors (Lipinski definition) is 0. The minimum Gasteiger partial charge on any atom is -0.433 e. The summed E-state index contributed by atoms with van der Waals surface area (Å²) in [5, 5.41) is 17.3. The topological polar surface area (TPSA) is 76.8 Å². The molecule has 0 radical (unpaired) electrons. The van der Waals surface area contributed by atoms with Gasteiger partial charge in [0.2, 0.25) is 0 Å². The second-order valence-corrected chi connectivity index (χ2v) is 2.92. The van der Waals surface area contributed by atoms with Crippen LogP contribution in [0, 0.1) is 22.7 Å². The van der Waals surface area contributed by atoms with E-state index in [1.165, 1.54) is 0 Å². The molecule has 0 amide bonds. The first-order chi connectivity index (χ1) is 7.26. The number of anilines is 1. The highest BCUT2D eigenvalue weighted by molar-refractivity contribution is 5.70. The molecule has 1 aliphatic heterocycles. The lowest BCUT2D eigenvalue weighted by atomic mass is 10.4. The zero-order valence-electron chi connectivity index (χ0n) is 7.93. The summed E-state index contributed by atoms with van der Waals surface area (Å²) in [6, 6.07) is 3.48. The summed E-state index contributed by atoms with van der Waals surface area (Å²) in [5.41, 5.74) is 0.501. The SMILES string of the molecule is CN1C=CC=c2oc(=C(C#N)C#N)nc21. The van der Waals surface area contributed by atoms with Crippen LogP contribution in [0.5, 0.6) is 0 Å². The van der Waals surface area contributed by atoms with E-state index in [1.807, 2.05) is 13.2 Å². The first-order valence-electron chi connectivity index (χ1n) is 4.19. The smallest absolute Gasteiger partial charge is 0.250 e. The van der Waals surface area contributed by atoms with Crippen molar-refractivity contribution in [3.8, 4) is 12.1 Å². The average molecular weight is 198 g/mol. The number of nitrogens with zero attached hydrogens (tertiary/aromatic N) is 4. The maximum atomic E-state index is 8.66. The van der Waals surface area contributed by atoms with Gasteiger partial charge in [-0.15, -0.1) is 0 Å². The molecule has 0 fully saturated rings. The van der Waals surface area contributed by atoms with Crippen molar-refractivity contribution in [3.05, 3.63) is 23.2 Å². The molecule has 0 saturated carbocycles. The van der Waals surface area contributed by atoms with E-state index in [1.54, 1.807) is 29.2 Å². The summed E-state index contributed by atoms with van der Waals surface area (Å²) in [6.07, 6.45) is 5.35. The molecule has 5 nitrogen and oxygen atoms in total. The molecular formula is C10H6N4O. The number of oxazole rings is 1. The van der Waals surface area contributed by atoms with Crippen molar-refractivity contribution in [3.63, 3.8) is 0 Å². The van der Waals surface area contributed by atoms with Crippen molar-refractivity contribution < 1.29 is 4.42 Å². The van der Waals surface area contributed by atoms with E-state index in [9.17, 15) is 0 Å². The second kappa shape index (κ2) is 3.32. The molecule has 1 aromatic rings. The molecule has 72 valence electrons. The van der Waals surface area contributed by atoms with Gasteiger partial charge in [0.15, 0.2) is 16.8 Å². The number of aromatic nitrogens is 1. The van der Waals surface area contributed by atoms with Gasteiger partial charge in [-0.1, -0.05) is 0 Å². The molecule has 0 aliphatic carbocycles. The molecule has 0 bridgehead atoms. The van der Waals surface area contributed by atoms with Gasteiger partial charge in [0, 0.05) is 13.2 Å². The van der Waals surface area contributed by atoms with E-state index in [4.69, 9.17) is 14.9 Å². The molecule has 0 unspecified atom stereocenters. The summed E-state index contributed by atoms with van der Waals surface area (Å²) in [4.78, 5) is 5.83. The highest BCUT2D eigenvalue weighted by atomic mass is 16.3. The predicted molar refractivity (Wildman–Crippen MR) is 52.4 cm³/mol. The minimum absolute atomic E-state index is 0.0665. The molecule has 1 aliphatic rings. The standard InChI is InChI=1S/C10H6N4O/c1-14-4-2-3-8-9(14)13-10(15-8)7(5-11)6-12/h2-4H,1H3. The molecule has 2 heterocycles. The first-order valence-corrected chi connectivity index (χ1v) is 4.19. The van der Waals surface area contributed by atoms with Crippen LogP contribution in [0.4, 0.5) is 5.82 Å². The monoisotopic (exact) mass is 198 g/mol. The third-order valence-corrected chi connectivity index (χ3v) is 1.96. The highest BCUT2D eigenvalue weighted by Gasteiger charge is 2.11. The molecule has 15 heavy (non-hydrogen) atoms. The van der Waals surface area contributed by atoms with Crippen LogP contribution in [0.15, 0.2) is 16.7 Å². The van der Waals surface area contributed by atoms with E-state index < -0.39 is 0 Å². The Hall–Kier alpha value is -2.53. The van der Waals surface area contributed by atoms with Gasteiger partial charge in [0.05, 0.1) is 0 Å². The van der Waals surface area contributed by atoms with E-state index in [2.05, 4.69) is 4.98 Å². The number of nitriles is 2. The first kappa shape index (κ1) is 9.04. The lowest BCUT2D eigenvalue weighted by molar-refractivity contribution is 0.490. The van der Waals surface area contributed by atoms with Crippen LogP contribution in [-0.2, 0) is 0 Å². The largest absolute Gasteiger partial charge is 0.433 e. The van der Waals surface area contributed by atoms with Crippen LogP contribution >= 0.6 is 0 Å². The third-order valence-electron chi connectivity index (χ3n) is 1.96. The van der Waals surface area contributed by atoms with Crippen molar-refractivity contribution in [1.29, 1.82) is 10.5 Å². The Morgan fingerprint density at radius 1 is 1.47 bits per heavy atom. The fourth-order valence-corrected chi connectivity index (χ4v) is 1.24. The van der Waals surface area contributed by atoms with E-state index in [0.29, 0.717) is 11.2 Å². The van der Waals surface area contributed by atoms with Gasteiger partial charge in [0.25, 0.3) is 5.55 Å². The van der Waals surface area contributed by atoms with Crippen LogP contribution in [0.2, 0.25) is 0 Å². The Morgan fingerprint density at radius 2 is 2.20 bits per heavy atom. The molecule has 0 N–H and O–H groups in total. The van der Waals surface area contributed by atoms with Crippen LogP contribution < -0.4 is 15.9 Å². The third kappa shape index (κ3) is 1.36. The van der Waals surface area contributed by atoms with Crippen LogP contribution in [0.3, 0.4) is 0 Å². The summed E-state index contributed by atoms with van der Waals surface area (Å²) >= 11 is 0. The molecule has 5 heteroatoms. The number of rotatable bonds is 0. The van der Waals surface area contributed by atoms with Gasteiger partial charge in [-0.05, 0) is 12.2 Å². The predicted octanol–water partition coefficient (Wildman–Crippen LogP) is -0.384. The minimum atomic E-state index is -0.119. The van der Waals surface area contributed by atoms with E-state index in [0.717, 1.165) is 0 Å². The number of allylic oxidation sites excluding steroid dienone is 1. The van der Waals surface area contributed by atoms with Crippen molar-refractivity contribution in [2.45, 2.75) is 0 Å². The summed E-state index contributed by atoms with van der Waals surface area (Å²) < 4.78 is 5.28. The fourth-order valence-electron chi connectivity index (χ4n) is 1.24. The Bertz CT molecular complexity index is 608. The molecule has 2 rings (SSSR count).